The molecule has 0 heterocycles. The SMILES string of the molecule is CCCCOc1c(OC)cc(C=O)cc1Oc1ccccc1C. The number of carbonyl (C=O) groups is 1. The zero-order chi connectivity index (χ0) is 16.7. The van der Waals surface area contributed by atoms with Crippen molar-refractivity contribution in [2.75, 3.05) is 13.7 Å². The predicted molar refractivity (Wildman–Crippen MR) is 90.0 cm³/mol. The number of hydrogen-bond donors (Lipinski definition) is 0. The lowest BCUT2D eigenvalue weighted by atomic mass is 10.2. The lowest BCUT2D eigenvalue weighted by Gasteiger charge is -2.17. The normalized spacial score (nSPS) is 10.2. The highest BCUT2D eigenvalue weighted by Gasteiger charge is 2.16. The molecule has 0 atom stereocenters. The van der Waals surface area contributed by atoms with Crippen LogP contribution in [-0.4, -0.2) is 20.0 Å². The second kappa shape index (κ2) is 8.22. The molecule has 2 aromatic rings. The molecule has 0 radical (unpaired) electrons. The monoisotopic (exact) mass is 314 g/mol. The van der Waals surface area contributed by atoms with E-state index in [1.807, 2.05) is 31.2 Å². The van der Waals surface area contributed by atoms with Crippen molar-refractivity contribution < 1.29 is 19.0 Å². The van der Waals surface area contributed by atoms with Gasteiger partial charge in [-0.15, -0.1) is 0 Å². The molecule has 0 aliphatic heterocycles. The van der Waals surface area contributed by atoms with Crippen molar-refractivity contribution in [1.29, 1.82) is 0 Å². The summed E-state index contributed by atoms with van der Waals surface area (Å²) in [6.07, 6.45) is 2.73. The highest BCUT2D eigenvalue weighted by atomic mass is 16.5. The first kappa shape index (κ1) is 16.9. The third kappa shape index (κ3) is 4.25. The summed E-state index contributed by atoms with van der Waals surface area (Å²) in [7, 11) is 1.55. The fourth-order valence-corrected chi connectivity index (χ4v) is 2.14. The molecule has 0 aliphatic rings. The highest BCUT2D eigenvalue weighted by Crippen LogP contribution is 2.41. The van der Waals surface area contributed by atoms with Crippen molar-refractivity contribution >= 4 is 6.29 Å². The van der Waals surface area contributed by atoms with Crippen molar-refractivity contribution in [3.8, 4) is 23.0 Å². The molecule has 0 unspecified atom stereocenters. The molecule has 2 aromatic carbocycles. The van der Waals surface area contributed by atoms with E-state index in [1.165, 1.54) is 0 Å². The number of rotatable bonds is 8. The topological polar surface area (TPSA) is 44.8 Å². The Balaban J connectivity index is 2.41. The van der Waals surface area contributed by atoms with Gasteiger partial charge in [-0.2, -0.15) is 0 Å². The van der Waals surface area contributed by atoms with Crippen molar-refractivity contribution in [3.05, 3.63) is 47.5 Å². The maximum absolute atomic E-state index is 11.2. The number of benzene rings is 2. The van der Waals surface area contributed by atoms with E-state index in [2.05, 4.69) is 6.92 Å². The second-order valence-corrected chi connectivity index (χ2v) is 5.24. The van der Waals surface area contributed by atoms with Crippen LogP contribution in [0, 0.1) is 6.92 Å². The van der Waals surface area contributed by atoms with Crippen LogP contribution in [0.4, 0.5) is 0 Å². The van der Waals surface area contributed by atoms with Crippen LogP contribution >= 0.6 is 0 Å². The first-order valence-corrected chi connectivity index (χ1v) is 7.73. The Kier molecular flexibility index (Phi) is 6.03. The average Bonchev–Trinajstić information content (AvgIpc) is 2.57. The Hall–Kier alpha value is -2.49. The molecular weight excluding hydrogens is 292 g/mol. The first-order chi connectivity index (χ1) is 11.2. The standard InChI is InChI=1S/C19H22O4/c1-4-5-10-22-19-17(21-3)11-15(13-20)12-18(19)23-16-9-7-6-8-14(16)2/h6-9,11-13H,4-5,10H2,1-3H3. The summed E-state index contributed by atoms with van der Waals surface area (Å²) in [5.74, 6) is 2.22. The fraction of sp³-hybridized carbons (Fsp3) is 0.316. The van der Waals surface area contributed by atoms with Gasteiger partial charge >= 0.3 is 0 Å². The molecule has 0 saturated carbocycles. The Morgan fingerprint density at radius 1 is 1.09 bits per heavy atom. The van der Waals surface area contributed by atoms with Crippen LogP contribution in [0.2, 0.25) is 0 Å². The molecule has 0 aromatic heterocycles. The molecule has 0 N–H and O–H groups in total. The molecule has 4 heteroatoms. The van der Waals surface area contributed by atoms with E-state index >= 15 is 0 Å². The van der Waals surface area contributed by atoms with E-state index in [0.29, 0.717) is 29.4 Å². The van der Waals surface area contributed by atoms with E-state index in [4.69, 9.17) is 14.2 Å². The van der Waals surface area contributed by atoms with Gasteiger partial charge in [0, 0.05) is 5.56 Å². The molecule has 0 saturated heterocycles. The zero-order valence-corrected chi connectivity index (χ0v) is 13.8. The van der Waals surface area contributed by atoms with Crippen LogP contribution in [-0.2, 0) is 0 Å². The highest BCUT2D eigenvalue weighted by molar-refractivity contribution is 5.78. The van der Waals surface area contributed by atoms with Gasteiger partial charge in [-0.1, -0.05) is 31.5 Å². The van der Waals surface area contributed by atoms with Crippen molar-refractivity contribution in [2.45, 2.75) is 26.7 Å². The fourth-order valence-electron chi connectivity index (χ4n) is 2.14. The van der Waals surface area contributed by atoms with Gasteiger partial charge in [-0.3, -0.25) is 4.79 Å². The molecule has 0 fully saturated rings. The maximum atomic E-state index is 11.2. The molecule has 4 nitrogen and oxygen atoms in total. The number of aldehydes is 1. The van der Waals surface area contributed by atoms with Crippen molar-refractivity contribution in [3.63, 3.8) is 0 Å². The Morgan fingerprint density at radius 3 is 2.48 bits per heavy atom. The van der Waals surface area contributed by atoms with E-state index in [0.717, 1.165) is 30.4 Å². The first-order valence-electron chi connectivity index (χ1n) is 7.73. The molecule has 0 amide bonds. The zero-order valence-electron chi connectivity index (χ0n) is 13.8. The minimum Gasteiger partial charge on any atom is -0.493 e. The van der Waals surface area contributed by atoms with E-state index < -0.39 is 0 Å². The predicted octanol–water partition coefficient (Wildman–Crippen LogP) is 4.79. The van der Waals surface area contributed by atoms with Crippen molar-refractivity contribution in [2.24, 2.45) is 0 Å². The van der Waals surface area contributed by atoms with Crippen LogP contribution in [0.3, 0.4) is 0 Å². The Labute approximate surface area is 137 Å². The number of hydrogen-bond acceptors (Lipinski definition) is 4. The molecule has 0 bridgehead atoms. The summed E-state index contributed by atoms with van der Waals surface area (Å²) in [4.78, 5) is 11.2. The van der Waals surface area contributed by atoms with Crippen LogP contribution in [0.5, 0.6) is 23.0 Å². The van der Waals surface area contributed by atoms with Gasteiger partial charge in [0.05, 0.1) is 13.7 Å². The van der Waals surface area contributed by atoms with Gasteiger partial charge in [0.1, 0.15) is 12.0 Å². The number of carbonyl (C=O) groups excluding carboxylic acids is 1. The van der Waals surface area contributed by atoms with E-state index in [1.54, 1.807) is 19.2 Å². The summed E-state index contributed by atoms with van der Waals surface area (Å²) in [5.41, 5.74) is 1.48. The van der Waals surface area contributed by atoms with Crippen molar-refractivity contribution in [1.82, 2.24) is 0 Å². The van der Waals surface area contributed by atoms with Gasteiger partial charge in [0.2, 0.25) is 5.75 Å². The lowest BCUT2D eigenvalue weighted by Crippen LogP contribution is -2.02. The number of unbranched alkanes of at least 4 members (excludes halogenated alkanes) is 1. The molecule has 23 heavy (non-hydrogen) atoms. The van der Waals surface area contributed by atoms with Crippen LogP contribution < -0.4 is 14.2 Å². The third-order valence-corrected chi connectivity index (χ3v) is 3.46. The molecular formula is C19H22O4. The van der Waals surface area contributed by atoms with Crippen LogP contribution in [0.25, 0.3) is 0 Å². The van der Waals surface area contributed by atoms with E-state index in [9.17, 15) is 4.79 Å². The third-order valence-electron chi connectivity index (χ3n) is 3.46. The summed E-state index contributed by atoms with van der Waals surface area (Å²) in [6, 6.07) is 11.0. The van der Waals surface area contributed by atoms with Gasteiger partial charge in [-0.25, -0.2) is 0 Å². The molecule has 0 aliphatic carbocycles. The minimum atomic E-state index is 0.480. The lowest BCUT2D eigenvalue weighted by molar-refractivity contribution is 0.112. The Bertz CT molecular complexity index is 664. The average molecular weight is 314 g/mol. The Morgan fingerprint density at radius 2 is 1.83 bits per heavy atom. The van der Waals surface area contributed by atoms with Gasteiger partial charge < -0.3 is 14.2 Å². The number of ether oxygens (including phenoxy) is 3. The quantitative estimate of drug-likeness (QED) is 0.519. The van der Waals surface area contributed by atoms with Gasteiger partial charge in [0.15, 0.2) is 11.5 Å². The van der Waals surface area contributed by atoms with Gasteiger partial charge in [-0.05, 0) is 37.1 Å². The summed E-state index contributed by atoms with van der Waals surface area (Å²) in [6.45, 7) is 4.63. The summed E-state index contributed by atoms with van der Waals surface area (Å²) >= 11 is 0. The summed E-state index contributed by atoms with van der Waals surface area (Å²) < 4.78 is 17.2. The van der Waals surface area contributed by atoms with E-state index in [-0.39, 0.29) is 0 Å². The maximum Gasteiger partial charge on any atom is 0.204 e. The van der Waals surface area contributed by atoms with Crippen LogP contribution in [0.1, 0.15) is 35.7 Å². The second-order valence-electron chi connectivity index (χ2n) is 5.24. The molecule has 122 valence electrons. The summed E-state index contributed by atoms with van der Waals surface area (Å²) in [5, 5.41) is 0. The minimum absolute atomic E-state index is 0.480. The number of para-hydroxylation sites is 1. The molecule has 0 spiro atoms. The number of aryl methyl sites for hydroxylation is 1. The van der Waals surface area contributed by atoms with Gasteiger partial charge in [0.25, 0.3) is 0 Å². The van der Waals surface area contributed by atoms with Crippen LogP contribution in [0.15, 0.2) is 36.4 Å². The largest absolute Gasteiger partial charge is 0.493 e. The molecule has 2 rings (SSSR count). The smallest absolute Gasteiger partial charge is 0.204 e. The number of methoxy groups -OCH3 is 1.